The number of carbonyl (C=O) groups excluding carboxylic acids is 2. The fraction of sp³-hybridized carbons (Fsp3) is 0.556. The van der Waals surface area contributed by atoms with Crippen LogP contribution in [0.5, 0.6) is 5.75 Å². The number of carbonyl (C=O) groups is 2. The third kappa shape index (κ3) is 4.40. The number of rotatable bonds is 4. The Labute approximate surface area is 142 Å². The standard InChI is InChI=1S/C18H25N3O3/c22-17(21-10-3-1-2-4-11-21)7-9-19-18(23)20-15-5-6-16-14(13-15)8-12-24-16/h5-6,13H,1-4,7-12H2,(H2,19,20,23). The van der Waals surface area contributed by atoms with Gasteiger partial charge in [0.05, 0.1) is 6.61 Å². The molecule has 1 saturated heterocycles. The SMILES string of the molecule is O=C(NCCC(=O)N1CCCCCC1)Nc1ccc2c(c1)CCO2. The summed E-state index contributed by atoms with van der Waals surface area (Å²) in [6.07, 6.45) is 5.80. The second-order valence-corrected chi connectivity index (χ2v) is 6.35. The summed E-state index contributed by atoms with van der Waals surface area (Å²) in [5.41, 5.74) is 1.86. The number of urea groups is 1. The van der Waals surface area contributed by atoms with Gasteiger partial charge in [0.15, 0.2) is 0 Å². The first kappa shape index (κ1) is 16.6. The van der Waals surface area contributed by atoms with E-state index in [2.05, 4.69) is 10.6 Å². The van der Waals surface area contributed by atoms with Crippen LogP contribution in [-0.4, -0.2) is 43.1 Å². The zero-order valence-electron chi connectivity index (χ0n) is 14.0. The van der Waals surface area contributed by atoms with Crippen molar-refractivity contribution in [3.05, 3.63) is 23.8 Å². The Bertz CT molecular complexity index is 595. The summed E-state index contributed by atoms with van der Waals surface area (Å²) in [6, 6.07) is 5.36. The molecule has 1 aromatic rings. The van der Waals surface area contributed by atoms with Crippen LogP contribution in [0, 0.1) is 0 Å². The first-order valence-corrected chi connectivity index (χ1v) is 8.81. The molecule has 0 aromatic heterocycles. The smallest absolute Gasteiger partial charge is 0.319 e. The van der Waals surface area contributed by atoms with Crippen molar-refractivity contribution in [2.75, 3.05) is 31.6 Å². The predicted octanol–water partition coefficient (Wildman–Crippen LogP) is 2.54. The lowest BCUT2D eigenvalue weighted by molar-refractivity contribution is -0.131. The van der Waals surface area contributed by atoms with Crippen LogP contribution in [0.25, 0.3) is 0 Å². The molecule has 0 radical (unpaired) electrons. The van der Waals surface area contributed by atoms with Crippen LogP contribution in [0.3, 0.4) is 0 Å². The molecule has 24 heavy (non-hydrogen) atoms. The zero-order valence-corrected chi connectivity index (χ0v) is 14.0. The molecule has 0 atom stereocenters. The molecule has 2 N–H and O–H groups in total. The van der Waals surface area contributed by atoms with Crippen LogP contribution >= 0.6 is 0 Å². The van der Waals surface area contributed by atoms with Crippen LogP contribution < -0.4 is 15.4 Å². The van der Waals surface area contributed by atoms with Crippen molar-refractivity contribution in [1.82, 2.24) is 10.2 Å². The van der Waals surface area contributed by atoms with Crippen LogP contribution in [0.15, 0.2) is 18.2 Å². The summed E-state index contributed by atoms with van der Waals surface area (Å²) in [6.45, 7) is 2.75. The van der Waals surface area contributed by atoms with Crippen molar-refractivity contribution < 1.29 is 14.3 Å². The lowest BCUT2D eigenvalue weighted by Gasteiger charge is -2.20. The van der Waals surface area contributed by atoms with E-state index in [1.54, 1.807) is 0 Å². The van der Waals surface area contributed by atoms with Gasteiger partial charge in [-0.3, -0.25) is 4.79 Å². The van der Waals surface area contributed by atoms with E-state index in [-0.39, 0.29) is 11.9 Å². The lowest BCUT2D eigenvalue weighted by atomic mass is 10.1. The molecule has 2 aliphatic rings. The highest BCUT2D eigenvalue weighted by molar-refractivity contribution is 5.89. The molecule has 1 aromatic carbocycles. The molecule has 0 unspecified atom stereocenters. The second kappa shape index (κ2) is 8.04. The van der Waals surface area contributed by atoms with Crippen LogP contribution in [0.1, 0.15) is 37.7 Å². The Balaban J connectivity index is 1.40. The molecule has 0 aliphatic carbocycles. The molecule has 6 nitrogen and oxygen atoms in total. The monoisotopic (exact) mass is 331 g/mol. The number of nitrogens with one attached hydrogen (secondary N) is 2. The van der Waals surface area contributed by atoms with E-state index in [0.29, 0.717) is 19.6 Å². The Kier molecular flexibility index (Phi) is 5.56. The van der Waals surface area contributed by atoms with E-state index in [1.807, 2.05) is 23.1 Å². The average molecular weight is 331 g/mol. The number of hydrogen-bond donors (Lipinski definition) is 2. The summed E-state index contributed by atoms with van der Waals surface area (Å²) < 4.78 is 5.45. The quantitative estimate of drug-likeness (QED) is 0.891. The van der Waals surface area contributed by atoms with Gasteiger partial charge in [-0.15, -0.1) is 0 Å². The number of fused-ring (bicyclic) bond motifs is 1. The molecule has 0 spiro atoms. The summed E-state index contributed by atoms with van der Waals surface area (Å²) in [5.74, 6) is 1.02. The molecule has 2 heterocycles. The fourth-order valence-corrected chi connectivity index (χ4v) is 3.20. The maximum Gasteiger partial charge on any atom is 0.319 e. The third-order valence-corrected chi connectivity index (χ3v) is 4.53. The van der Waals surface area contributed by atoms with Gasteiger partial charge < -0.3 is 20.3 Å². The molecule has 0 bridgehead atoms. The first-order valence-electron chi connectivity index (χ1n) is 8.81. The summed E-state index contributed by atoms with van der Waals surface area (Å²) in [5, 5.41) is 5.56. The molecule has 2 aliphatic heterocycles. The average Bonchev–Trinajstić information content (AvgIpc) is 2.86. The molecule has 1 fully saturated rings. The maximum atomic E-state index is 12.2. The predicted molar refractivity (Wildman–Crippen MR) is 92.3 cm³/mol. The number of likely N-dealkylation sites (tertiary alicyclic amines) is 1. The van der Waals surface area contributed by atoms with Crippen molar-refractivity contribution in [3.8, 4) is 5.75 Å². The van der Waals surface area contributed by atoms with E-state index < -0.39 is 0 Å². The molecular formula is C18H25N3O3. The van der Waals surface area contributed by atoms with Crippen molar-refractivity contribution in [1.29, 1.82) is 0 Å². The van der Waals surface area contributed by atoms with Gasteiger partial charge in [-0.1, -0.05) is 12.8 Å². The lowest BCUT2D eigenvalue weighted by Crippen LogP contribution is -2.36. The highest BCUT2D eigenvalue weighted by Gasteiger charge is 2.16. The highest BCUT2D eigenvalue weighted by Crippen LogP contribution is 2.27. The number of anilines is 1. The van der Waals surface area contributed by atoms with Crippen molar-refractivity contribution >= 4 is 17.6 Å². The van der Waals surface area contributed by atoms with Gasteiger partial charge in [0.1, 0.15) is 5.75 Å². The highest BCUT2D eigenvalue weighted by atomic mass is 16.5. The number of nitrogens with zero attached hydrogens (tertiary/aromatic N) is 1. The van der Waals surface area contributed by atoms with Gasteiger partial charge in [-0.25, -0.2) is 4.79 Å². The van der Waals surface area contributed by atoms with Gasteiger partial charge in [0, 0.05) is 38.2 Å². The molecule has 3 amide bonds. The Morgan fingerprint density at radius 2 is 1.92 bits per heavy atom. The Morgan fingerprint density at radius 3 is 2.71 bits per heavy atom. The zero-order chi connectivity index (χ0) is 16.8. The number of benzene rings is 1. The third-order valence-electron chi connectivity index (χ3n) is 4.53. The topological polar surface area (TPSA) is 70.7 Å². The largest absolute Gasteiger partial charge is 0.493 e. The number of amides is 3. The molecule has 6 heteroatoms. The van der Waals surface area contributed by atoms with Crippen LogP contribution in [0.4, 0.5) is 10.5 Å². The van der Waals surface area contributed by atoms with Gasteiger partial charge >= 0.3 is 6.03 Å². The Hall–Kier alpha value is -2.24. The molecule has 130 valence electrons. The minimum absolute atomic E-state index is 0.131. The van der Waals surface area contributed by atoms with Crippen molar-refractivity contribution in [2.24, 2.45) is 0 Å². The second-order valence-electron chi connectivity index (χ2n) is 6.35. The van der Waals surface area contributed by atoms with Crippen LogP contribution in [0.2, 0.25) is 0 Å². The van der Waals surface area contributed by atoms with E-state index in [4.69, 9.17) is 4.74 Å². The summed E-state index contributed by atoms with van der Waals surface area (Å²) >= 11 is 0. The van der Waals surface area contributed by atoms with E-state index in [0.717, 1.165) is 49.4 Å². The van der Waals surface area contributed by atoms with Crippen molar-refractivity contribution in [2.45, 2.75) is 38.5 Å². The molecular weight excluding hydrogens is 306 g/mol. The van der Waals surface area contributed by atoms with Gasteiger partial charge in [-0.05, 0) is 36.6 Å². The van der Waals surface area contributed by atoms with Gasteiger partial charge in [0.2, 0.25) is 5.91 Å². The number of hydrogen-bond acceptors (Lipinski definition) is 3. The summed E-state index contributed by atoms with van der Waals surface area (Å²) in [7, 11) is 0. The van der Waals surface area contributed by atoms with E-state index >= 15 is 0 Å². The summed E-state index contributed by atoms with van der Waals surface area (Å²) in [4.78, 5) is 26.0. The maximum absolute atomic E-state index is 12.2. The fourth-order valence-electron chi connectivity index (χ4n) is 3.20. The number of ether oxygens (including phenoxy) is 1. The van der Waals surface area contributed by atoms with Crippen molar-refractivity contribution in [3.63, 3.8) is 0 Å². The molecule has 0 saturated carbocycles. The minimum atomic E-state index is -0.280. The van der Waals surface area contributed by atoms with E-state index in [1.165, 1.54) is 12.8 Å². The van der Waals surface area contributed by atoms with E-state index in [9.17, 15) is 9.59 Å². The normalized spacial score (nSPS) is 16.8. The molecule has 3 rings (SSSR count). The van der Waals surface area contributed by atoms with Gasteiger partial charge in [0.25, 0.3) is 0 Å². The first-order chi connectivity index (χ1) is 11.7. The van der Waals surface area contributed by atoms with Gasteiger partial charge in [-0.2, -0.15) is 0 Å². The minimum Gasteiger partial charge on any atom is -0.493 e. The van der Waals surface area contributed by atoms with Crippen LogP contribution in [-0.2, 0) is 11.2 Å². The Morgan fingerprint density at radius 1 is 1.12 bits per heavy atom.